The second-order valence-corrected chi connectivity index (χ2v) is 4.77. The number of nitrogens with zero attached hydrogens (tertiary/aromatic N) is 5. The molecule has 6 nitrogen and oxygen atoms in total. The lowest BCUT2D eigenvalue weighted by molar-refractivity contribution is 0.644. The molecule has 0 saturated carbocycles. The summed E-state index contributed by atoms with van der Waals surface area (Å²) in [6.45, 7) is 3.85. The number of nitrogens with one attached hydrogen (secondary N) is 1. The molecule has 0 spiro atoms. The number of hydrogen-bond donors (Lipinski definition) is 1. The number of anilines is 1. The molecule has 3 heterocycles. The summed E-state index contributed by atoms with van der Waals surface area (Å²) in [4.78, 5) is 12.8. The van der Waals surface area contributed by atoms with Crippen molar-refractivity contribution in [3.63, 3.8) is 0 Å². The summed E-state index contributed by atoms with van der Waals surface area (Å²) < 4.78 is 4.04. The van der Waals surface area contributed by atoms with E-state index in [1.807, 2.05) is 41.5 Å². The highest BCUT2D eigenvalue weighted by atomic mass is 15.1. The molecule has 0 bridgehead atoms. The van der Waals surface area contributed by atoms with Gasteiger partial charge in [0.15, 0.2) is 0 Å². The number of aryl methyl sites for hydroxylation is 1. The molecule has 0 aliphatic heterocycles. The second kappa shape index (κ2) is 6.21. The summed E-state index contributed by atoms with van der Waals surface area (Å²) in [7, 11) is 0. The van der Waals surface area contributed by atoms with Crippen LogP contribution in [0.1, 0.15) is 19.2 Å². The Morgan fingerprint density at radius 1 is 1.14 bits per heavy atom. The second-order valence-electron chi connectivity index (χ2n) is 4.77. The third-order valence-electron chi connectivity index (χ3n) is 3.23. The fourth-order valence-electron chi connectivity index (χ4n) is 2.17. The van der Waals surface area contributed by atoms with Gasteiger partial charge in [0.05, 0.1) is 18.4 Å². The van der Waals surface area contributed by atoms with Gasteiger partial charge in [-0.3, -0.25) is 4.57 Å². The molecule has 3 rings (SSSR count). The maximum atomic E-state index is 4.41. The Kier molecular flexibility index (Phi) is 3.95. The SMILES string of the molecule is CCCn1ccnc1CNc1ccc(-n2ccnc2)nc1. The highest BCUT2D eigenvalue weighted by Gasteiger charge is 2.02. The molecule has 1 N–H and O–H groups in total. The maximum absolute atomic E-state index is 4.41. The van der Waals surface area contributed by atoms with Gasteiger partial charge in [-0.15, -0.1) is 0 Å². The maximum Gasteiger partial charge on any atom is 0.137 e. The molecule has 0 fully saturated rings. The van der Waals surface area contributed by atoms with Crippen molar-refractivity contribution in [2.45, 2.75) is 26.4 Å². The van der Waals surface area contributed by atoms with Crippen LogP contribution in [0.3, 0.4) is 0 Å². The van der Waals surface area contributed by atoms with Crippen LogP contribution >= 0.6 is 0 Å². The smallest absolute Gasteiger partial charge is 0.137 e. The molecule has 0 atom stereocenters. The van der Waals surface area contributed by atoms with Crippen LogP contribution in [0.4, 0.5) is 5.69 Å². The van der Waals surface area contributed by atoms with Crippen LogP contribution < -0.4 is 5.32 Å². The predicted molar refractivity (Wildman–Crippen MR) is 81.2 cm³/mol. The van der Waals surface area contributed by atoms with Gasteiger partial charge in [0, 0.05) is 31.3 Å². The van der Waals surface area contributed by atoms with Crippen LogP contribution in [-0.4, -0.2) is 24.1 Å². The normalized spacial score (nSPS) is 10.7. The monoisotopic (exact) mass is 282 g/mol. The number of hydrogen-bond acceptors (Lipinski definition) is 4. The molecule has 0 unspecified atom stereocenters. The summed E-state index contributed by atoms with van der Waals surface area (Å²) in [6, 6.07) is 3.97. The van der Waals surface area contributed by atoms with E-state index >= 15 is 0 Å². The largest absolute Gasteiger partial charge is 0.377 e. The summed E-state index contributed by atoms with van der Waals surface area (Å²) in [5.74, 6) is 1.89. The van der Waals surface area contributed by atoms with Crippen LogP contribution in [0.25, 0.3) is 5.82 Å². The standard InChI is InChI=1S/C15H18N6/c1-2-7-20-9-6-17-15(20)11-18-13-3-4-14(19-10-13)21-8-5-16-12-21/h3-6,8-10,12,18H,2,7,11H2,1H3. The van der Waals surface area contributed by atoms with Crippen molar-refractivity contribution < 1.29 is 0 Å². The van der Waals surface area contributed by atoms with Crippen molar-refractivity contribution in [1.29, 1.82) is 0 Å². The van der Waals surface area contributed by atoms with Crippen LogP contribution in [0.5, 0.6) is 0 Å². The van der Waals surface area contributed by atoms with Crippen molar-refractivity contribution >= 4 is 5.69 Å². The molecule has 0 aliphatic rings. The van der Waals surface area contributed by atoms with E-state index in [1.165, 1.54) is 0 Å². The van der Waals surface area contributed by atoms with E-state index in [9.17, 15) is 0 Å². The zero-order chi connectivity index (χ0) is 14.5. The first kappa shape index (κ1) is 13.4. The van der Waals surface area contributed by atoms with Crippen LogP contribution in [0.15, 0.2) is 49.4 Å². The predicted octanol–water partition coefficient (Wildman–Crippen LogP) is 2.49. The summed E-state index contributed by atoms with van der Waals surface area (Å²) >= 11 is 0. The molecule has 6 heteroatoms. The molecule has 0 radical (unpaired) electrons. The van der Waals surface area contributed by atoms with Gasteiger partial charge < -0.3 is 9.88 Å². The molecule has 21 heavy (non-hydrogen) atoms. The van der Waals surface area contributed by atoms with E-state index in [4.69, 9.17) is 0 Å². The summed E-state index contributed by atoms with van der Waals surface area (Å²) in [5, 5.41) is 3.35. The number of aromatic nitrogens is 5. The molecule has 3 aromatic heterocycles. The van der Waals surface area contributed by atoms with E-state index in [-0.39, 0.29) is 0 Å². The molecule has 0 aromatic carbocycles. The Hall–Kier alpha value is -2.63. The molecule has 0 aliphatic carbocycles. The van der Waals surface area contributed by atoms with Gasteiger partial charge in [-0.05, 0) is 18.6 Å². The van der Waals surface area contributed by atoms with Gasteiger partial charge in [-0.2, -0.15) is 0 Å². The van der Waals surface area contributed by atoms with Crippen molar-refractivity contribution in [2.75, 3.05) is 5.32 Å². The summed E-state index contributed by atoms with van der Waals surface area (Å²) in [6.07, 6.45) is 12.1. The van der Waals surface area contributed by atoms with Crippen molar-refractivity contribution in [3.8, 4) is 5.82 Å². The summed E-state index contributed by atoms with van der Waals surface area (Å²) in [5.41, 5.74) is 0.977. The van der Waals surface area contributed by atoms with Gasteiger partial charge in [-0.1, -0.05) is 6.92 Å². The minimum Gasteiger partial charge on any atom is -0.377 e. The van der Waals surface area contributed by atoms with Crippen molar-refractivity contribution in [3.05, 3.63) is 55.3 Å². The molecule has 3 aromatic rings. The van der Waals surface area contributed by atoms with Crippen molar-refractivity contribution in [2.24, 2.45) is 0 Å². The number of rotatable bonds is 6. The average molecular weight is 282 g/mol. The highest BCUT2D eigenvalue weighted by Crippen LogP contribution is 2.11. The lowest BCUT2D eigenvalue weighted by Crippen LogP contribution is -2.08. The van der Waals surface area contributed by atoms with E-state index in [2.05, 4.69) is 31.8 Å². The zero-order valence-corrected chi connectivity index (χ0v) is 12.0. The van der Waals surface area contributed by atoms with Gasteiger partial charge >= 0.3 is 0 Å². The van der Waals surface area contributed by atoms with Gasteiger partial charge in [0.1, 0.15) is 18.0 Å². The minimum atomic E-state index is 0.694. The lowest BCUT2D eigenvalue weighted by atomic mass is 10.4. The molecular formula is C15H18N6. The molecule has 108 valence electrons. The van der Waals surface area contributed by atoms with Crippen LogP contribution in [0, 0.1) is 0 Å². The first-order valence-electron chi connectivity index (χ1n) is 7.05. The number of imidazole rings is 2. The van der Waals surface area contributed by atoms with Crippen molar-refractivity contribution in [1.82, 2.24) is 24.1 Å². The fourth-order valence-corrected chi connectivity index (χ4v) is 2.17. The van der Waals surface area contributed by atoms with Crippen LogP contribution in [0.2, 0.25) is 0 Å². The number of pyridine rings is 1. The van der Waals surface area contributed by atoms with Gasteiger partial charge in [0.25, 0.3) is 0 Å². The quantitative estimate of drug-likeness (QED) is 0.754. The minimum absolute atomic E-state index is 0.694. The fraction of sp³-hybridized carbons (Fsp3) is 0.267. The Balaban J connectivity index is 1.64. The Bertz CT molecular complexity index is 669. The van der Waals surface area contributed by atoms with Gasteiger partial charge in [-0.25, -0.2) is 15.0 Å². The van der Waals surface area contributed by atoms with E-state index in [0.717, 1.165) is 30.3 Å². The molecule has 0 saturated heterocycles. The van der Waals surface area contributed by atoms with Gasteiger partial charge in [0.2, 0.25) is 0 Å². The zero-order valence-electron chi connectivity index (χ0n) is 12.0. The topological polar surface area (TPSA) is 60.6 Å². The first-order valence-corrected chi connectivity index (χ1v) is 7.05. The highest BCUT2D eigenvalue weighted by molar-refractivity contribution is 5.43. The Morgan fingerprint density at radius 3 is 2.81 bits per heavy atom. The molecule has 0 amide bonds. The molecular weight excluding hydrogens is 264 g/mol. The third kappa shape index (κ3) is 3.10. The van der Waals surface area contributed by atoms with E-state index < -0.39 is 0 Å². The average Bonchev–Trinajstić information content (AvgIpc) is 3.18. The Labute approximate surface area is 123 Å². The van der Waals surface area contributed by atoms with E-state index in [0.29, 0.717) is 6.54 Å². The lowest BCUT2D eigenvalue weighted by Gasteiger charge is -2.09. The van der Waals surface area contributed by atoms with E-state index in [1.54, 1.807) is 12.5 Å². The first-order chi connectivity index (χ1) is 10.4. The third-order valence-corrected chi connectivity index (χ3v) is 3.23. The van der Waals surface area contributed by atoms with Crippen LogP contribution in [-0.2, 0) is 13.1 Å². The Morgan fingerprint density at radius 2 is 2.10 bits per heavy atom.